The number of hydrogen-bond acceptors (Lipinski definition) is 4. The number of carbonyl (C=O) groups is 2. The van der Waals surface area contributed by atoms with Crippen molar-refractivity contribution in [2.24, 2.45) is 0 Å². The summed E-state index contributed by atoms with van der Waals surface area (Å²) in [5, 5.41) is 10.2. The SMILES string of the molecule is O=C1S/C(=C/c2cc(Br)cc(Br)c2O)C(=O)N1c1ccc(Cl)cc1. The van der Waals surface area contributed by atoms with Crippen LogP contribution in [0.2, 0.25) is 5.02 Å². The molecule has 1 fully saturated rings. The minimum atomic E-state index is -0.442. The van der Waals surface area contributed by atoms with E-state index < -0.39 is 11.1 Å². The Morgan fingerprint density at radius 2 is 1.79 bits per heavy atom. The van der Waals surface area contributed by atoms with E-state index in [0.29, 0.717) is 20.7 Å². The number of imide groups is 1. The van der Waals surface area contributed by atoms with Crippen LogP contribution in [0.25, 0.3) is 6.08 Å². The summed E-state index contributed by atoms with van der Waals surface area (Å²) in [6, 6.07) is 9.79. The van der Waals surface area contributed by atoms with Gasteiger partial charge < -0.3 is 5.11 Å². The van der Waals surface area contributed by atoms with Crippen LogP contribution in [-0.2, 0) is 4.79 Å². The molecule has 0 unspecified atom stereocenters. The number of carbonyl (C=O) groups excluding carboxylic acids is 2. The highest BCUT2D eigenvalue weighted by atomic mass is 79.9. The molecule has 24 heavy (non-hydrogen) atoms. The van der Waals surface area contributed by atoms with Gasteiger partial charge in [0.1, 0.15) is 5.75 Å². The Hall–Kier alpha value is -1.28. The molecule has 4 nitrogen and oxygen atoms in total. The van der Waals surface area contributed by atoms with E-state index in [1.807, 2.05) is 0 Å². The lowest BCUT2D eigenvalue weighted by molar-refractivity contribution is -0.113. The highest BCUT2D eigenvalue weighted by molar-refractivity contribution is 9.11. The van der Waals surface area contributed by atoms with Gasteiger partial charge in [-0.2, -0.15) is 0 Å². The molecule has 0 atom stereocenters. The van der Waals surface area contributed by atoms with Crippen LogP contribution >= 0.6 is 55.2 Å². The van der Waals surface area contributed by atoms with Gasteiger partial charge in [-0.25, -0.2) is 4.90 Å². The molecule has 2 aromatic carbocycles. The number of aromatic hydroxyl groups is 1. The monoisotopic (exact) mass is 487 g/mol. The van der Waals surface area contributed by atoms with Gasteiger partial charge in [-0.3, -0.25) is 9.59 Å². The fraction of sp³-hybridized carbons (Fsp3) is 0. The number of anilines is 1. The van der Waals surface area contributed by atoms with Crippen molar-refractivity contribution in [1.29, 1.82) is 0 Å². The van der Waals surface area contributed by atoms with E-state index in [-0.39, 0.29) is 10.7 Å². The average molecular weight is 490 g/mol. The van der Waals surface area contributed by atoms with E-state index in [1.165, 1.54) is 6.08 Å². The lowest BCUT2D eigenvalue weighted by atomic mass is 10.2. The minimum Gasteiger partial charge on any atom is -0.506 e. The Labute approximate surface area is 163 Å². The maximum Gasteiger partial charge on any atom is 0.298 e. The Balaban J connectivity index is 1.98. The molecule has 1 N–H and O–H groups in total. The molecule has 1 aliphatic heterocycles. The predicted molar refractivity (Wildman–Crippen MR) is 103 cm³/mol. The van der Waals surface area contributed by atoms with E-state index in [9.17, 15) is 14.7 Å². The van der Waals surface area contributed by atoms with E-state index in [4.69, 9.17) is 11.6 Å². The summed E-state index contributed by atoms with van der Waals surface area (Å²) < 4.78 is 1.22. The zero-order chi connectivity index (χ0) is 17.4. The van der Waals surface area contributed by atoms with Gasteiger partial charge in [-0.05, 0) is 70.2 Å². The second-order valence-electron chi connectivity index (χ2n) is 4.82. The maximum atomic E-state index is 12.6. The predicted octanol–water partition coefficient (Wildman–Crippen LogP) is 5.81. The molecular formula is C16H8Br2ClNO3S. The Morgan fingerprint density at radius 1 is 1.12 bits per heavy atom. The second-order valence-corrected chi connectivity index (χ2v) is 8.02. The van der Waals surface area contributed by atoms with Crippen LogP contribution in [0.1, 0.15) is 5.56 Å². The van der Waals surface area contributed by atoms with Gasteiger partial charge in [-0.1, -0.05) is 27.5 Å². The number of nitrogens with zero attached hydrogens (tertiary/aromatic N) is 1. The van der Waals surface area contributed by atoms with Gasteiger partial charge in [0.25, 0.3) is 11.1 Å². The molecule has 0 bridgehead atoms. The van der Waals surface area contributed by atoms with Crippen LogP contribution in [0, 0.1) is 0 Å². The quantitative estimate of drug-likeness (QED) is 0.541. The van der Waals surface area contributed by atoms with Crippen molar-refractivity contribution in [3.63, 3.8) is 0 Å². The van der Waals surface area contributed by atoms with Gasteiger partial charge >= 0.3 is 0 Å². The summed E-state index contributed by atoms with van der Waals surface area (Å²) in [6.07, 6.45) is 1.49. The van der Waals surface area contributed by atoms with Crippen LogP contribution < -0.4 is 4.90 Å². The molecule has 3 rings (SSSR count). The van der Waals surface area contributed by atoms with Crippen molar-refractivity contribution in [1.82, 2.24) is 0 Å². The molecule has 2 aromatic rings. The van der Waals surface area contributed by atoms with E-state index in [1.54, 1.807) is 36.4 Å². The van der Waals surface area contributed by atoms with Crippen LogP contribution in [-0.4, -0.2) is 16.3 Å². The number of halogens is 3. The van der Waals surface area contributed by atoms with Crippen molar-refractivity contribution in [3.8, 4) is 5.75 Å². The molecule has 0 saturated carbocycles. The molecule has 8 heteroatoms. The molecule has 0 spiro atoms. The van der Waals surface area contributed by atoms with Crippen LogP contribution in [0.5, 0.6) is 5.75 Å². The normalized spacial score (nSPS) is 16.3. The first kappa shape index (κ1) is 17.5. The summed E-state index contributed by atoms with van der Waals surface area (Å²) in [5.74, 6) is -0.445. The highest BCUT2D eigenvalue weighted by Crippen LogP contribution is 2.39. The maximum absolute atomic E-state index is 12.6. The first-order valence-corrected chi connectivity index (χ1v) is 9.36. The lowest BCUT2D eigenvalue weighted by Crippen LogP contribution is -2.27. The summed E-state index contributed by atoms with van der Waals surface area (Å²) in [5.41, 5.74) is 0.878. The topological polar surface area (TPSA) is 57.6 Å². The fourth-order valence-electron chi connectivity index (χ4n) is 2.12. The van der Waals surface area contributed by atoms with Crippen LogP contribution in [0.15, 0.2) is 50.2 Å². The van der Waals surface area contributed by atoms with Crippen molar-refractivity contribution >= 4 is 78.1 Å². The van der Waals surface area contributed by atoms with Gasteiger partial charge in [0.2, 0.25) is 0 Å². The van der Waals surface area contributed by atoms with Gasteiger partial charge in [0.05, 0.1) is 15.1 Å². The summed E-state index contributed by atoms with van der Waals surface area (Å²) >= 11 is 13.2. The smallest absolute Gasteiger partial charge is 0.298 e. The molecule has 1 heterocycles. The number of benzene rings is 2. The number of thioether (sulfide) groups is 1. The van der Waals surface area contributed by atoms with Crippen LogP contribution in [0.3, 0.4) is 0 Å². The third kappa shape index (κ3) is 3.39. The standard InChI is InChI=1S/C16H8Br2ClNO3S/c17-9-5-8(14(21)12(18)7-9)6-13-15(22)20(16(23)24-13)11-3-1-10(19)2-4-11/h1-7,21H/b13-6+. The van der Waals surface area contributed by atoms with Crippen molar-refractivity contribution < 1.29 is 14.7 Å². The summed E-state index contributed by atoms with van der Waals surface area (Å²) in [6.45, 7) is 0. The third-order valence-electron chi connectivity index (χ3n) is 3.22. The van der Waals surface area contributed by atoms with Crippen LogP contribution in [0.4, 0.5) is 10.5 Å². The van der Waals surface area contributed by atoms with Crippen molar-refractivity contribution in [2.75, 3.05) is 4.90 Å². The fourth-order valence-corrected chi connectivity index (χ4v) is 4.33. The number of phenolic OH excluding ortho intramolecular Hbond substituents is 1. The zero-order valence-electron chi connectivity index (χ0n) is 11.8. The van der Waals surface area contributed by atoms with Gasteiger partial charge in [-0.15, -0.1) is 0 Å². The molecule has 122 valence electrons. The Kier molecular flexibility index (Phi) is 5.05. The molecule has 1 aliphatic rings. The third-order valence-corrected chi connectivity index (χ3v) is 5.41. The van der Waals surface area contributed by atoms with Crippen molar-refractivity contribution in [3.05, 3.63) is 60.8 Å². The molecule has 2 amide bonds. The zero-order valence-corrected chi connectivity index (χ0v) is 16.5. The number of hydrogen-bond donors (Lipinski definition) is 1. The summed E-state index contributed by atoms with van der Waals surface area (Å²) in [4.78, 5) is 26.1. The molecule has 0 radical (unpaired) electrons. The Bertz CT molecular complexity index is 884. The van der Waals surface area contributed by atoms with Gasteiger partial charge in [0, 0.05) is 15.1 Å². The lowest BCUT2D eigenvalue weighted by Gasteiger charge is -2.12. The molecule has 0 aliphatic carbocycles. The second kappa shape index (κ2) is 6.92. The average Bonchev–Trinajstić information content (AvgIpc) is 2.80. The largest absolute Gasteiger partial charge is 0.506 e. The van der Waals surface area contributed by atoms with E-state index >= 15 is 0 Å². The Morgan fingerprint density at radius 3 is 2.46 bits per heavy atom. The molecule has 0 aromatic heterocycles. The van der Waals surface area contributed by atoms with Crippen molar-refractivity contribution in [2.45, 2.75) is 0 Å². The van der Waals surface area contributed by atoms with E-state index in [0.717, 1.165) is 21.1 Å². The molecular weight excluding hydrogens is 482 g/mol. The summed E-state index contributed by atoms with van der Waals surface area (Å²) in [7, 11) is 0. The number of rotatable bonds is 2. The number of phenols is 1. The highest BCUT2D eigenvalue weighted by Gasteiger charge is 2.36. The first-order chi connectivity index (χ1) is 11.4. The minimum absolute atomic E-state index is 0.00325. The molecule has 1 saturated heterocycles. The van der Waals surface area contributed by atoms with E-state index in [2.05, 4.69) is 31.9 Å². The first-order valence-electron chi connectivity index (χ1n) is 6.58. The van der Waals surface area contributed by atoms with Gasteiger partial charge in [0.15, 0.2) is 0 Å². The number of amides is 2.